The number of ether oxygens (including phenoxy) is 1. The van der Waals surface area contributed by atoms with Gasteiger partial charge in [0.2, 0.25) is 0 Å². The van der Waals surface area contributed by atoms with E-state index in [4.69, 9.17) is 4.74 Å². The maximum absolute atomic E-state index is 11.9. The van der Waals surface area contributed by atoms with Gasteiger partial charge in [-0.15, -0.1) is 0 Å². The summed E-state index contributed by atoms with van der Waals surface area (Å²) in [7, 11) is 1.64. The molecule has 1 aromatic carbocycles. The molecule has 0 N–H and O–H groups in total. The van der Waals surface area contributed by atoms with Crippen molar-refractivity contribution in [2.24, 2.45) is 0 Å². The number of ketones is 1. The van der Waals surface area contributed by atoms with Crippen LogP contribution in [-0.4, -0.2) is 12.9 Å². The quantitative estimate of drug-likeness (QED) is 0.776. The molecular formula is C14H16O2. The van der Waals surface area contributed by atoms with Crippen LogP contribution in [-0.2, 0) is 9.53 Å². The minimum Gasteiger partial charge on any atom is -0.500 e. The standard InChI is InChI=1S/C14H16O2/c1-4-11-13(15)12(14(11)16-3)10-7-5-6-9(2)8-10/h5-8,12H,4H2,1-3H3. The van der Waals surface area contributed by atoms with Crippen molar-refractivity contribution in [1.29, 1.82) is 0 Å². The van der Waals surface area contributed by atoms with E-state index >= 15 is 0 Å². The van der Waals surface area contributed by atoms with Crippen LogP contribution in [0.1, 0.15) is 30.4 Å². The molecule has 1 aromatic rings. The van der Waals surface area contributed by atoms with Gasteiger partial charge in [-0.05, 0) is 18.9 Å². The summed E-state index contributed by atoms with van der Waals surface area (Å²) in [5.74, 6) is 0.892. The second kappa shape index (κ2) is 4.12. The maximum atomic E-state index is 11.9. The largest absolute Gasteiger partial charge is 0.500 e. The molecule has 16 heavy (non-hydrogen) atoms. The monoisotopic (exact) mass is 216 g/mol. The van der Waals surface area contributed by atoms with Gasteiger partial charge in [-0.2, -0.15) is 0 Å². The topological polar surface area (TPSA) is 26.3 Å². The molecule has 0 spiro atoms. The fourth-order valence-electron chi connectivity index (χ4n) is 2.25. The molecule has 0 aromatic heterocycles. The van der Waals surface area contributed by atoms with Crippen molar-refractivity contribution in [1.82, 2.24) is 0 Å². The summed E-state index contributed by atoms with van der Waals surface area (Å²) >= 11 is 0. The van der Waals surface area contributed by atoms with Crippen molar-refractivity contribution in [2.45, 2.75) is 26.2 Å². The van der Waals surface area contributed by atoms with E-state index in [1.807, 2.05) is 38.1 Å². The smallest absolute Gasteiger partial charge is 0.177 e. The third-order valence-electron chi connectivity index (χ3n) is 3.07. The molecule has 1 unspecified atom stereocenters. The third-order valence-corrected chi connectivity index (χ3v) is 3.07. The summed E-state index contributed by atoms with van der Waals surface area (Å²) in [5.41, 5.74) is 3.05. The van der Waals surface area contributed by atoms with Crippen LogP contribution in [0.3, 0.4) is 0 Å². The number of Topliss-reactive ketones (excluding diaryl/α,β-unsaturated/α-hetero) is 1. The fourth-order valence-corrected chi connectivity index (χ4v) is 2.25. The van der Waals surface area contributed by atoms with Gasteiger partial charge < -0.3 is 4.74 Å². The molecule has 2 nitrogen and oxygen atoms in total. The lowest BCUT2D eigenvalue weighted by molar-refractivity contribution is -0.119. The van der Waals surface area contributed by atoms with Gasteiger partial charge in [0.15, 0.2) is 5.78 Å². The van der Waals surface area contributed by atoms with Gasteiger partial charge >= 0.3 is 0 Å². The van der Waals surface area contributed by atoms with Crippen LogP contribution in [0.5, 0.6) is 0 Å². The van der Waals surface area contributed by atoms with Crippen LogP contribution in [0.15, 0.2) is 35.6 Å². The van der Waals surface area contributed by atoms with Gasteiger partial charge in [0.05, 0.1) is 7.11 Å². The van der Waals surface area contributed by atoms with E-state index in [0.29, 0.717) is 0 Å². The number of carbonyl (C=O) groups is 1. The zero-order chi connectivity index (χ0) is 11.7. The van der Waals surface area contributed by atoms with E-state index < -0.39 is 0 Å². The van der Waals surface area contributed by atoms with Crippen LogP contribution in [0.2, 0.25) is 0 Å². The Bertz CT molecular complexity index is 458. The lowest BCUT2D eigenvalue weighted by Crippen LogP contribution is -2.30. The van der Waals surface area contributed by atoms with Gasteiger partial charge in [-0.25, -0.2) is 0 Å². The average Bonchev–Trinajstić information content (AvgIpc) is 2.26. The number of benzene rings is 1. The molecule has 1 aliphatic carbocycles. The second-order valence-electron chi connectivity index (χ2n) is 4.11. The summed E-state index contributed by atoms with van der Waals surface area (Å²) in [4.78, 5) is 11.9. The Morgan fingerprint density at radius 1 is 1.38 bits per heavy atom. The van der Waals surface area contributed by atoms with E-state index in [2.05, 4.69) is 0 Å². The molecule has 0 radical (unpaired) electrons. The van der Waals surface area contributed by atoms with Crippen molar-refractivity contribution >= 4 is 5.78 Å². The SMILES string of the molecule is CCC1=C(OC)C(c2cccc(C)c2)C1=O. The van der Waals surface area contributed by atoms with Crippen LogP contribution in [0.4, 0.5) is 0 Å². The molecule has 0 bridgehead atoms. The maximum Gasteiger partial charge on any atom is 0.177 e. The number of allylic oxidation sites excluding steroid dienone is 2. The Morgan fingerprint density at radius 2 is 2.12 bits per heavy atom. The first-order valence-corrected chi connectivity index (χ1v) is 5.56. The van der Waals surface area contributed by atoms with Gasteiger partial charge in [-0.1, -0.05) is 36.8 Å². The molecule has 0 amide bonds. The summed E-state index contributed by atoms with van der Waals surface area (Å²) in [6.45, 7) is 4.02. The summed E-state index contributed by atoms with van der Waals surface area (Å²) in [5, 5.41) is 0. The molecule has 0 saturated carbocycles. The minimum absolute atomic E-state index is 0.167. The Kier molecular flexibility index (Phi) is 2.82. The van der Waals surface area contributed by atoms with Crippen molar-refractivity contribution < 1.29 is 9.53 Å². The fraction of sp³-hybridized carbons (Fsp3) is 0.357. The highest BCUT2D eigenvalue weighted by Crippen LogP contribution is 2.41. The average molecular weight is 216 g/mol. The van der Waals surface area contributed by atoms with Gasteiger partial charge in [0.1, 0.15) is 11.7 Å². The highest BCUT2D eigenvalue weighted by atomic mass is 16.5. The summed E-state index contributed by atoms with van der Waals surface area (Å²) in [6, 6.07) is 8.05. The molecule has 2 heteroatoms. The van der Waals surface area contributed by atoms with Crippen LogP contribution >= 0.6 is 0 Å². The molecule has 1 atom stereocenters. The highest BCUT2D eigenvalue weighted by Gasteiger charge is 2.40. The first-order chi connectivity index (χ1) is 7.69. The van der Waals surface area contributed by atoms with Crippen molar-refractivity contribution in [2.75, 3.05) is 7.11 Å². The number of hydrogen-bond acceptors (Lipinski definition) is 2. The number of aryl methyl sites for hydroxylation is 1. The number of rotatable bonds is 3. The highest BCUT2D eigenvalue weighted by molar-refractivity contribution is 6.09. The Labute approximate surface area is 95.9 Å². The van der Waals surface area contributed by atoms with Crippen molar-refractivity contribution in [3.05, 3.63) is 46.7 Å². The van der Waals surface area contributed by atoms with Crippen molar-refractivity contribution in [3.63, 3.8) is 0 Å². The Hall–Kier alpha value is -1.57. The van der Waals surface area contributed by atoms with Crippen LogP contribution in [0.25, 0.3) is 0 Å². The molecule has 2 rings (SSSR count). The van der Waals surface area contributed by atoms with E-state index in [1.165, 1.54) is 5.56 Å². The lowest BCUT2D eigenvalue weighted by atomic mass is 9.76. The molecule has 0 fully saturated rings. The Balaban J connectivity index is 2.38. The molecule has 84 valence electrons. The van der Waals surface area contributed by atoms with E-state index in [9.17, 15) is 4.79 Å². The Morgan fingerprint density at radius 3 is 2.69 bits per heavy atom. The minimum atomic E-state index is -0.167. The number of methoxy groups -OCH3 is 1. The molecule has 0 aliphatic heterocycles. The predicted octanol–water partition coefficient (Wildman–Crippen LogP) is 2.97. The molecular weight excluding hydrogens is 200 g/mol. The van der Waals surface area contributed by atoms with Crippen molar-refractivity contribution in [3.8, 4) is 0 Å². The van der Waals surface area contributed by atoms with Gasteiger partial charge in [-0.3, -0.25) is 4.79 Å². The summed E-state index contributed by atoms with van der Waals surface area (Å²) < 4.78 is 5.33. The van der Waals surface area contributed by atoms with E-state index in [-0.39, 0.29) is 11.7 Å². The summed E-state index contributed by atoms with van der Waals surface area (Å²) in [6.07, 6.45) is 0.754. The van der Waals surface area contributed by atoms with E-state index in [1.54, 1.807) is 7.11 Å². The third kappa shape index (κ3) is 1.54. The molecule has 0 saturated heterocycles. The van der Waals surface area contributed by atoms with E-state index in [0.717, 1.165) is 23.3 Å². The lowest BCUT2D eigenvalue weighted by Gasteiger charge is -2.30. The zero-order valence-electron chi connectivity index (χ0n) is 9.91. The normalized spacial score (nSPS) is 19.7. The molecule has 1 aliphatic rings. The van der Waals surface area contributed by atoms with Gasteiger partial charge in [0.25, 0.3) is 0 Å². The van der Waals surface area contributed by atoms with Gasteiger partial charge in [0, 0.05) is 5.57 Å². The predicted molar refractivity (Wildman–Crippen MR) is 63.3 cm³/mol. The number of carbonyl (C=O) groups excluding carboxylic acids is 1. The zero-order valence-corrected chi connectivity index (χ0v) is 9.91. The van der Waals surface area contributed by atoms with Crippen LogP contribution in [0, 0.1) is 6.92 Å². The number of hydrogen-bond donors (Lipinski definition) is 0. The second-order valence-corrected chi connectivity index (χ2v) is 4.11. The first-order valence-electron chi connectivity index (χ1n) is 5.56. The first kappa shape index (κ1) is 10.9. The molecule has 0 heterocycles. The van der Waals surface area contributed by atoms with Crippen LogP contribution < -0.4 is 0 Å².